The number of anilines is 3. The average molecular weight is 674 g/mol. The molecule has 0 saturated carbocycles. The van der Waals surface area contributed by atoms with Crippen LogP contribution in [0.5, 0.6) is 11.5 Å². The summed E-state index contributed by atoms with van der Waals surface area (Å²) in [5.74, 6) is 3.26. The minimum absolute atomic E-state index is 0.319. The van der Waals surface area contributed by atoms with Crippen LogP contribution >= 0.6 is 0 Å². The van der Waals surface area contributed by atoms with Gasteiger partial charge in [-0.2, -0.15) is 0 Å². The summed E-state index contributed by atoms with van der Waals surface area (Å²) < 4.78 is 11.2. The van der Waals surface area contributed by atoms with Crippen LogP contribution in [0.25, 0.3) is 49.9 Å². The summed E-state index contributed by atoms with van der Waals surface area (Å²) in [6, 6.07) is 53.0. The number of hydrogen-bond acceptors (Lipinski definition) is 4. The highest BCUT2D eigenvalue weighted by Crippen LogP contribution is 2.54. The zero-order chi connectivity index (χ0) is 35.0. The van der Waals surface area contributed by atoms with Gasteiger partial charge in [0, 0.05) is 46.7 Å². The number of nitrogens with zero attached hydrogens (tertiary/aromatic N) is 5. The Balaban J connectivity index is 1.13. The number of pyridine rings is 1. The van der Waals surface area contributed by atoms with Gasteiger partial charge in [0.1, 0.15) is 23.1 Å². The molecule has 9 aromatic rings. The fraction of sp³-hybridized carbons (Fsp3) is 0.0870. The summed E-state index contributed by atoms with van der Waals surface area (Å²) in [7, 11) is 2.06. The number of benzene rings is 6. The molecule has 3 aromatic heterocycles. The predicted octanol–water partition coefficient (Wildman–Crippen LogP) is 11.6. The number of aryl methyl sites for hydroxylation is 1. The SMILES string of the molecule is Cn1c(-c2cccc(Oc3ccc4c(c3)N(c3ccccn3)c3cc5c6ccccc6n(-c6ccccc6)c5cc3C4(C)C)c2)nc2ccccc21. The van der Waals surface area contributed by atoms with E-state index < -0.39 is 0 Å². The fourth-order valence-corrected chi connectivity index (χ4v) is 8.08. The maximum atomic E-state index is 6.65. The maximum absolute atomic E-state index is 6.65. The minimum Gasteiger partial charge on any atom is -0.457 e. The molecule has 52 heavy (non-hydrogen) atoms. The van der Waals surface area contributed by atoms with Gasteiger partial charge in [0.25, 0.3) is 0 Å². The van der Waals surface area contributed by atoms with Gasteiger partial charge in [-0.3, -0.25) is 4.90 Å². The van der Waals surface area contributed by atoms with Gasteiger partial charge in [0.2, 0.25) is 0 Å². The van der Waals surface area contributed by atoms with Gasteiger partial charge < -0.3 is 13.9 Å². The van der Waals surface area contributed by atoms with E-state index in [1.54, 1.807) is 0 Å². The minimum atomic E-state index is -0.319. The lowest BCUT2D eigenvalue weighted by atomic mass is 9.73. The van der Waals surface area contributed by atoms with Gasteiger partial charge in [-0.15, -0.1) is 0 Å². The highest BCUT2D eigenvalue weighted by molar-refractivity contribution is 6.11. The second-order valence-electron chi connectivity index (χ2n) is 14.0. The smallest absolute Gasteiger partial charge is 0.140 e. The van der Waals surface area contributed by atoms with Crippen LogP contribution in [-0.4, -0.2) is 19.1 Å². The van der Waals surface area contributed by atoms with Gasteiger partial charge in [-0.1, -0.05) is 86.6 Å². The molecule has 6 heteroatoms. The van der Waals surface area contributed by atoms with Crippen LogP contribution in [-0.2, 0) is 12.5 Å². The molecule has 0 amide bonds. The quantitative estimate of drug-likeness (QED) is 0.182. The van der Waals surface area contributed by atoms with Crippen LogP contribution < -0.4 is 9.64 Å². The number of para-hydroxylation sites is 4. The lowest BCUT2D eigenvalue weighted by Crippen LogP contribution is -2.31. The number of ether oxygens (including phenoxy) is 1. The number of imidazole rings is 1. The van der Waals surface area contributed by atoms with Crippen molar-refractivity contribution in [2.45, 2.75) is 19.3 Å². The van der Waals surface area contributed by atoms with Gasteiger partial charge in [0.15, 0.2) is 0 Å². The van der Waals surface area contributed by atoms with E-state index >= 15 is 0 Å². The summed E-state index contributed by atoms with van der Waals surface area (Å²) in [6.07, 6.45) is 1.86. The van der Waals surface area contributed by atoms with Crippen LogP contribution in [0.15, 0.2) is 158 Å². The first-order chi connectivity index (χ1) is 25.5. The number of rotatable bonds is 5. The molecule has 0 aliphatic carbocycles. The van der Waals surface area contributed by atoms with Crippen molar-refractivity contribution in [1.29, 1.82) is 0 Å². The standard InChI is InChI=1S/C46H35N5O/c1-46(2)36-24-23-33(52-32-17-13-14-30(26-32)45-48-38-19-8-10-21-40(38)49(45)3)27-42(36)51(44-22-11-12-25-47-44)43-28-35-34-18-7-9-20-39(34)50(41(35)29-37(43)46)31-15-5-4-6-16-31/h4-29H,1-3H3. The lowest BCUT2D eigenvalue weighted by molar-refractivity contribution is 0.482. The van der Waals surface area contributed by atoms with Crippen LogP contribution in [0.4, 0.5) is 17.2 Å². The third-order valence-corrected chi connectivity index (χ3v) is 10.6. The van der Waals surface area contributed by atoms with Gasteiger partial charge in [-0.05, 0) is 83.9 Å². The van der Waals surface area contributed by atoms with Crippen molar-refractivity contribution in [1.82, 2.24) is 19.1 Å². The summed E-state index contributed by atoms with van der Waals surface area (Å²) >= 11 is 0. The molecule has 6 aromatic carbocycles. The van der Waals surface area contributed by atoms with Gasteiger partial charge in [-0.25, -0.2) is 9.97 Å². The van der Waals surface area contributed by atoms with E-state index in [1.807, 2.05) is 48.7 Å². The molecule has 0 unspecified atom stereocenters. The molecular weight excluding hydrogens is 639 g/mol. The van der Waals surface area contributed by atoms with Crippen molar-refractivity contribution in [2.24, 2.45) is 7.05 Å². The molecule has 0 bridgehead atoms. The Morgan fingerprint density at radius 2 is 1.33 bits per heavy atom. The molecule has 1 aliphatic heterocycles. The van der Waals surface area contributed by atoms with Crippen LogP contribution in [0.1, 0.15) is 25.0 Å². The zero-order valence-corrected chi connectivity index (χ0v) is 29.2. The summed E-state index contributed by atoms with van der Waals surface area (Å²) in [5, 5.41) is 2.41. The second kappa shape index (κ2) is 11.4. The zero-order valence-electron chi connectivity index (χ0n) is 29.2. The van der Waals surface area contributed by atoms with E-state index in [-0.39, 0.29) is 5.41 Å². The maximum Gasteiger partial charge on any atom is 0.140 e. The molecule has 0 radical (unpaired) electrons. The summed E-state index contributed by atoms with van der Waals surface area (Å²) in [4.78, 5) is 12.1. The summed E-state index contributed by atoms with van der Waals surface area (Å²) in [5.41, 5.74) is 10.9. The topological polar surface area (TPSA) is 48.1 Å². The first-order valence-electron chi connectivity index (χ1n) is 17.6. The Bertz CT molecular complexity index is 2820. The molecular formula is C46H35N5O. The van der Waals surface area contributed by atoms with Crippen molar-refractivity contribution in [3.8, 4) is 28.6 Å². The van der Waals surface area contributed by atoms with E-state index in [0.29, 0.717) is 0 Å². The monoisotopic (exact) mass is 673 g/mol. The van der Waals surface area contributed by atoms with Gasteiger partial charge in [0.05, 0.1) is 33.4 Å². The largest absolute Gasteiger partial charge is 0.457 e. The third-order valence-electron chi connectivity index (χ3n) is 10.6. The molecule has 0 fully saturated rings. The normalized spacial score (nSPS) is 13.4. The van der Waals surface area contributed by atoms with Gasteiger partial charge >= 0.3 is 0 Å². The average Bonchev–Trinajstić information content (AvgIpc) is 3.69. The fourth-order valence-electron chi connectivity index (χ4n) is 8.08. The molecule has 250 valence electrons. The molecule has 0 N–H and O–H groups in total. The van der Waals surface area contributed by atoms with Crippen LogP contribution in [0.2, 0.25) is 0 Å². The molecule has 0 spiro atoms. The number of fused-ring (bicyclic) bond motifs is 6. The van der Waals surface area contributed by atoms with E-state index in [0.717, 1.165) is 56.8 Å². The second-order valence-corrected chi connectivity index (χ2v) is 14.0. The van der Waals surface area contributed by atoms with Crippen molar-refractivity contribution in [3.05, 3.63) is 169 Å². The van der Waals surface area contributed by atoms with Crippen molar-refractivity contribution in [3.63, 3.8) is 0 Å². The van der Waals surface area contributed by atoms with E-state index in [1.165, 1.54) is 32.9 Å². The Morgan fingerprint density at radius 1 is 0.577 bits per heavy atom. The van der Waals surface area contributed by atoms with Crippen molar-refractivity contribution in [2.75, 3.05) is 4.90 Å². The first-order valence-corrected chi connectivity index (χ1v) is 17.6. The molecule has 0 atom stereocenters. The van der Waals surface area contributed by atoms with E-state index in [9.17, 15) is 0 Å². The van der Waals surface area contributed by atoms with E-state index in [2.05, 4.69) is 144 Å². The Kier molecular flexibility index (Phi) is 6.64. The Morgan fingerprint density at radius 3 is 2.15 bits per heavy atom. The van der Waals surface area contributed by atoms with Crippen LogP contribution in [0.3, 0.4) is 0 Å². The number of aromatic nitrogens is 4. The highest BCUT2D eigenvalue weighted by Gasteiger charge is 2.38. The van der Waals surface area contributed by atoms with Crippen molar-refractivity contribution < 1.29 is 4.74 Å². The number of hydrogen-bond donors (Lipinski definition) is 0. The third kappa shape index (κ3) is 4.57. The van der Waals surface area contributed by atoms with Crippen molar-refractivity contribution >= 4 is 50.0 Å². The Labute approximate surface area is 301 Å². The lowest BCUT2D eigenvalue weighted by Gasteiger charge is -2.41. The molecule has 1 aliphatic rings. The Hall–Kier alpha value is -6.66. The molecule has 6 nitrogen and oxygen atoms in total. The summed E-state index contributed by atoms with van der Waals surface area (Å²) in [6.45, 7) is 4.64. The molecule has 0 saturated heterocycles. The van der Waals surface area contributed by atoms with Crippen LogP contribution in [0, 0.1) is 0 Å². The molecule has 10 rings (SSSR count). The first kappa shape index (κ1) is 30.2. The predicted molar refractivity (Wildman–Crippen MR) is 212 cm³/mol. The highest BCUT2D eigenvalue weighted by atomic mass is 16.5. The van der Waals surface area contributed by atoms with E-state index in [4.69, 9.17) is 14.7 Å². The molecule has 4 heterocycles.